The Morgan fingerprint density at radius 3 is 2.15 bits per heavy atom. The lowest BCUT2D eigenvalue weighted by Gasteiger charge is -2.35. The van der Waals surface area contributed by atoms with E-state index in [9.17, 15) is 9.59 Å². The molecule has 1 saturated heterocycles. The van der Waals surface area contributed by atoms with Crippen LogP contribution in [0.15, 0.2) is 54.6 Å². The third-order valence-electron chi connectivity index (χ3n) is 4.69. The molecule has 1 fully saturated rings. The van der Waals surface area contributed by atoms with E-state index in [1.807, 2.05) is 41.3 Å². The topological polar surface area (TPSA) is 64.4 Å². The second-order valence-electron chi connectivity index (χ2n) is 6.48. The Balaban J connectivity index is 1.54. The van der Waals surface area contributed by atoms with Crippen LogP contribution in [0.5, 0.6) is 0 Å². The zero-order valence-corrected chi connectivity index (χ0v) is 15.3. The van der Waals surface area contributed by atoms with Crippen molar-refractivity contribution in [3.63, 3.8) is 0 Å². The van der Waals surface area contributed by atoms with E-state index >= 15 is 0 Å². The molecule has 5 heteroatoms. The number of carbonyl (C=O) groups is 2. The molecular weight excluding hydrogens is 338 g/mol. The smallest absolute Gasteiger partial charge is 0.246 e. The molecule has 0 bridgehead atoms. The first-order valence-corrected chi connectivity index (χ1v) is 8.90. The lowest BCUT2D eigenvalue weighted by Crippen LogP contribution is -2.48. The number of rotatable bonds is 4. The van der Waals surface area contributed by atoms with Gasteiger partial charge in [0.05, 0.1) is 11.6 Å². The molecule has 5 nitrogen and oxygen atoms in total. The predicted octanol–water partition coefficient (Wildman–Crippen LogP) is 3.12. The number of benzene rings is 2. The fourth-order valence-electron chi connectivity index (χ4n) is 3.03. The highest BCUT2D eigenvalue weighted by molar-refractivity contribution is 5.94. The van der Waals surface area contributed by atoms with E-state index in [0.29, 0.717) is 24.2 Å². The van der Waals surface area contributed by atoms with Crippen molar-refractivity contribution in [1.82, 2.24) is 4.90 Å². The lowest BCUT2D eigenvalue weighted by atomic mass is 10.1. The molecule has 0 spiro atoms. The first-order valence-electron chi connectivity index (χ1n) is 8.90. The predicted molar refractivity (Wildman–Crippen MR) is 105 cm³/mol. The second kappa shape index (κ2) is 8.33. The standard InChI is InChI=1S/C22H21N3O2/c1-17(26)20-7-9-21(10-8-20)24-12-14-25(15-13-24)22(27)11-6-18-2-4-19(16-23)5-3-18/h2-11H,12-15H2,1H3/b11-6+. The summed E-state index contributed by atoms with van der Waals surface area (Å²) in [7, 11) is 0. The summed E-state index contributed by atoms with van der Waals surface area (Å²) in [6.45, 7) is 4.40. The molecule has 2 aromatic carbocycles. The lowest BCUT2D eigenvalue weighted by molar-refractivity contribution is -0.126. The quantitative estimate of drug-likeness (QED) is 0.621. The minimum Gasteiger partial charge on any atom is -0.368 e. The first kappa shape index (κ1) is 18.4. The van der Waals surface area contributed by atoms with Crippen LogP contribution in [0.1, 0.15) is 28.4 Å². The van der Waals surface area contributed by atoms with E-state index in [2.05, 4.69) is 11.0 Å². The third kappa shape index (κ3) is 4.62. The zero-order valence-electron chi connectivity index (χ0n) is 15.3. The van der Waals surface area contributed by atoms with Crippen LogP contribution in [0, 0.1) is 11.3 Å². The highest BCUT2D eigenvalue weighted by Crippen LogP contribution is 2.18. The number of piperazine rings is 1. The van der Waals surface area contributed by atoms with Gasteiger partial charge in [-0.15, -0.1) is 0 Å². The van der Waals surface area contributed by atoms with Gasteiger partial charge in [0, 0.05) is 43.5 Å². The van der Waals surface area contributed by atoms with Crippen LogP contribution in [-0.4, -0.2) is 42.8 Å². The van der Waals surface area contributed by atoms with Gasteiger partial charge in [-0.2, -0.15) is 5.26 Å². The molecule has 136 valence electrons. The fraction of sp³-hybridized carbons (Fsp3) is 0.227. The average molecular weight is 359 g/mol. The molecule has 2 aromatic rings. The Morgan fingerprint density at radius 1 is 0.963 bits per heavy atom. The largest absolute Gasteiger partial charge is 0.368 e. The Kier molecular flexibility index (Phi) is 5.68. The van der Waals surface area contributed by atoms with Crippen LogP contribution in [0.3, 0.4) is 0 Å². The number of carbonyl (C=O) groups excluding carboxylic acids is 2. The summed E-state index contributed by atoms with van der Waals surface area (Å²) in [5.74, 6) is 0.0527. The molecular formula is C22H21N3O2. The maximum Gasteiger partial charge on any atom is 0.246 e. The average Bonchev–Trinajstić information content (AvgIpc) is 2.72. The van der Waals surface area contributed by atoms with Crippen LogP contribution < -0.4 is 4.90 Å². The first-order chi connectivity index (χ1) is 13.1. The van der Waals surface area contributed by atoms with Crippen molar-refractivity contribution < 1.29 is 9.59 Å². The van der Waals surface area contributed by atoms with Gasteiger partial charge in [0.2, 0.25) is 5.91 Å². The fourth-order valence-corrected chi connectivity index (χ4v) is 3.03. The highest BCUT2D eigenvalue weighted by Gasteiger charge is 2.19. The number of ketones is 1. The van der Waals surface area contributed by atoms with Crippen molar-refractivity contribution in [2.75, 3.05) is 31.1 Å². The number of anilines is 1. The van der Waals surface area contributed by atoms with Gasteiger partial charge in [0.15, 0.2) is 5.78 Å². The van der Waals surface area contributed by atoms with E-state index in [-0.39, 0.29) is 11.7 Å². The molecule has 0 aromatic heterocycles. The minimum absolute atomic E-state index is 0.00839. The number of hydrogen-bond acceptors (Lipinski definition) is 4. The third-order valence-corrected chi connectivity index (χ3v) is 4.69. The van der Waals surface area contributed by atoms with E-state index in [1.54, 1.807) is 31.2 Å². The zero-order chi connectivity index (χ0) is 19.2. The van der Waals surface area contributed by atoms with E-state index < -0.39 is 0 Å². The number of amides is 1. The van der Waals surface area contributed by atoms with Crippen LogP contribution in [0.2, 0.25) is 0 Å². The summed E-state index contributed by atoms with van der Waals surface area (Å²) in [5.41, 5.74) is 3.28. The molecule has 27 heavy (non-hydrogen) atoms. The maximum atomic E-state index is 12.4. The van der Waals surface area contributed by atoms with Crippen molar-refractivity contribution in [3.05, 3.63) is 71.3 Å². The van der Waals surface area contributed by atoms with Gasteiger partial charge in [0.25, 0.3) is 0 Å². The molecule has 0 N–H and O–H groups in total. The number of nitrogens with zero attached hydrogens (tertiary/aromatic N) is 3. The van der Waals surface area contributed by atoms with E-state index in [1.165, 1.54) is 0 Å². The van der Waals surface area contributed by atoms with Crippen molar-refractivity contribution in [2.24, 2.45) is 0 Å². The molecule has 1 aliphatic rings. The van der Waals surface area contributed by atoms with Gasteiger partial charge in [-0.1, -0.05) is 12.1 Å². The van der Waals surface area contributed by atoms with Crippen LogP contribution in [-0.2, 0) is 4.79 Å². The molecule has 0 saturated carbocycles. The normalized spacial score (nSPS) is 14.2. The summed E-state index contributed by atoms with van der Waals surface area (Å²) in [6, 6.07) is 16.8. The molecule has 0 aliphatic carbocycles. The Bertz CT molecular complexity index is 885. The maximum absolute atomic E-state index is 12.4. The molecule has 0 atom stereocenters. The molecule has 0 unspecified atom stereocenters. The number of Topliss-reactive ketones (excluding diaryl/α,β-unsaturated/α-hetero) is 1. The van der Waals surface area contributed by atoms with Crippen molar-refractivity contribution in [3.8, 4) is 6.07 Å². The summed E-state index contributed by atoms with van der Waals surface area (Å²) < 4.78 is 0. The summed E-state index contributed by atoms with van der Waals surface area (Å²) in [4.78, 5) is 27.8. The number of nitriles is 1. The SMILES string of the molecule is CC(=O)c1ccc(N2CCN(C(=O)/C=C/c3ccc(C#N)cc3)CC2)cc1. The van der Waals surface area contributed by atoms with Crippen molar-refractivity contribution in [2.45, 2.75) is 6.92 Å². The van der Waals surface area contributed by atoms with Gasteiger partial charge < -0.3 is 9.80 Å². The van der Waals surface area contributed by atoms with Gasteiger partial charge in [-0.3, -0.25) is 9.59 Å². The van der Waals surface area contributed by atoms with Crippen LogP contribution in [0.4, 0.5) is 5.69 Å². The second-order valence-corrected chi connectivity index (χ2v) is 6.48. The van der Waals surface area contributed by atoms with Gasteiger partial charge in [-0.05, 0) is 55.0 Å². The monoisotopic (exact) mass is 359 g/mol. The summed E-state index contributed by atoms with van der Waals surface area (Å²) in [5, 5.41) is 8.81. The number of hydrogen-bond donors (Lipinski definition) is 0. The molecule has 0 radical (unpaired) electrons. The summed E-state index contributed by atoms with van der Waals surface area (Å²) >= 11 is 0. The van der Waals surface area contributed by atoms with Gasteiger partial charge in [-0.25, -0.2) is 0 Å². The van der Waals surface area contributed by atoms with Crippen LogP contribution in [0.25, 0.3) is 6.08 Å². The van der Waals surface area contributed by atoms with Crippen molar-refractivity contribution in [1.29, 1.82) is 5.26 Å². The van der Waals surface area contributed by atoms with Crippen LogP contribution >= 0.6 is 0 Å². The Labute approximate surface area is 159 Å². The van der Waals surface area contributed by atoms with Gasteiger partial charge >= 0.3 is 0 Å². The highest BCUT2D eigenvalue weighted by atomic mass is 16.2. The van der Waals surface area contributed by atoms with E-state index in [0.717, 1.165) is 24.3 Å². The molecule has 1 heterocycles. The Hall–Kier alpha value is -3.39. The minimum atomic E-state index is -0.00839. The van der Waals surface area contributed by atoms with Gasteiger partial charge in [0.1, 0.15) is 0 Å². The Morgan fingerprint density at radius 2 is 1.59 bits per heavy atom. The summed E-state index contributed by atoms with van der Waals surface area (Å²) in [6.07, 6.45) is 3.36. The van der Waals surface area contributed by atoms with E-state index in [4.69, 9.17) is 5.26 Å². The molecule has 1 aliphatic heterocycles. The molecule has 1 amide bonds. The molecule has 3 rings (SSSR count). The van der Waals surface area contributed by atoms with Crippen molar-refractivity contribution >= 4 is 23.5 Å².